The van der Waals surface area contributed by atoms with E-state index in [0.717, 1.165) is 38.5 Å². The van der Waals surface area contributed by atoms with Crippen molar-refractivity contribution in [3.8, 4) is 0 Å². The topological polar surface area (TPSA) is 95.9 Å². The molecule has 0 rings (SSSR count). The van der Waals surface area contributed by atoms with E-state index in [1.165, 1.54) is 250 Å². The summed E-state index contributed by atoms with van der Waals surface area (Å²) in [4.78, 5) is 26.3. The normalized spacial score (nSPS) is 13.0. The van der Waals surface area contributed by atoms with Crippen molar-refractivity contribution in [2.45, 2.75) is 354 Å². The minimum absolute atomic E-state index is 0.0885. The molecule has 3 N–H and O–H groups in total. The van der Waals surface area contributed by atoms with Gasteiger partial charge in [-0.25, -0.2) is 0 Å². The Kier molecular flexibility index (Phi) is 51.9. The van der Waals surface area contributed by atoms with Gasteiger partial charge in [-0.15, -0.1) is 0 Å². The summed E-state index contributed by atoms with van der Waals surface area (Å²) in [7, 11) is 0. The molecule has 0 aliphatic carbocycles. The summed E-state index contributed by atoms with van der Waals surface area (Å²) in [5.41, 5.74) is 0. The van der Waals surface area contributed by atoms with Crippen molar-refractivity contribution in [1.29, 1.82) is 0 Å². The second kappa shape index (κ2) is 52.8. The largest absolute Gasteiger partial charge is 0.462 e. The van der Waals surface area contributed by atoms with Gasteiger partial charge in [0.05, 0.1) is 25.2 Å². The Morgan fingerprint density at radius 1 is 0.391 bits per heavy atom. The monoisotopic (exact) mass is 906 g/mol. The zero-order chi connectivity index (χ0) is 46.7. The molecule has 0 saturated carbocycles. The second-order valence-electron chi connectivity index (χ2n) is 20.4. The van der Waals surface area contributed by atoms with Gasteiger partial charge < -0.3 is 20.3 Å². The van der Waals surface area contributed by atoms with E-state index < -0.39 is 18.2 Å². The van der Waals surface area contributed by atoms with Crippen LogP contribution in [-0.4, -0.2) is 46.9 Å². The summed E-state index contributed by atoms with van der Waals surface area (Å²) < 4.78 is 5.97. The van der Waals surface area contributed by atoms with Crippen LogP contribution in [-0.2, 0) is 14.3 Å². The summed E-state index contributed by atoms with van der Waals surface area (Å²) in [6.07, 6.45) is 58.9. The molecule has 0 heterocycles. The van der Waals surface area contributed by atoms with Crippen LogP contribution >= 0.6 is 0 Å². The van der Waals surface area contributed by atoms with Crippen LogP contribution in [0.3, 0.4) is 0 Å². The molecule has 1 amide bonds. The smallest absolute Gasteiger partial charge is 0.306 e. The van der Waals surface area contributed by atoms with Crippen molar-refractivity contribution < 1.29 is 24.5 Å². The van der Waals surface area contributed by atoms with Gasteiger partial charge in [0.2, 0.25) is 5.91 Å². The number of esters is 1. The van der Waals surface area contributed by atoms with Gasteiger partial charge in [-0.3, -0.25) is 9.59 Å². The third-order valence-electron chi connectivity index (χ3n) is 13.9. The fourth-order valence-electron chi connectivity index (χ4n) is 9.49. The number of hydrogen-bond donors (Lipinski definition) is 3. The molecular weight excluding hydrogens is 791 g/mol. The van der Waals surface area contributed by atoms with Gasteiger partial charge in [0.1, 0.15) is 6.10 Å². The van der Waals surface area contributed by atoms with Crippen LogP contribution in [0.5, 0.6) is 0 Å². The van der Waals surface area contributed by atoms with Crippen LogP contribution < -0.4 is 5.32 Å². The Morgan fingerprint density at radius 3 is 0.953 bits per heavy atom. The number of carbonyl (C=O) groups is 2. The van der Waals surface area contributed by atoms with E-state index in [4.69, 9.17) is 4.74 Å². The zero-order valence-electron chi connectivity index (χ0n) is 43.7. The minimum atomic E-state index is -0.779. The maximum absolute atomic E-state index is 13.2. The van der Waals surface area contributed by atoms with Crippen LogP contribution in [0.1, 0.15) is 335 Å². The van der Waals surface area contributed by atoms with E-state index in [-0.39, 0.29) is 24.9 Å². The van der Waals surface area contributed by atoms with Gasteiger partial charge in [-0.05, 0) is 25.7 Å². The fraction of sp³-hybridized carbons (Fsp3) is 0.966. The molecule has 0 spiro atoms. The molecule has 3 atom stereocenters. The summed E-state index contributed by atoms with van der Waals surface area (Å²) in [6.45, 7) is 6.53. The molecule has 0 aliphatic rings. The molecular formula is C58H115NO5. The van der Waals surface area contributed by atoms with Crippen molar-refractivity contribution >= 4 is 11.9 Å². The van der Waals surface area contributed by atoms with E-state index in [1.54, 1.807) is 0 Å². The minimum Gasteiger partial charge on any atom is -0.462 e. The van der Waals surface area contributed by atoms with E-state index in [0.29, 0.717) is 19.3 Å². The molecule has 0 bridgehead atoms. The number of nitrogens with one attached hydrogen (secondary N) is 1. The Labute approximate surface area is 400 Å². The van der Waals surface area contributed by atoms with Crippen molar-refractivity contribution in [2.75, 3.05) is 6.61 Å². The fourth-order valence-corrected chi connectivity index (χ4v) is 9.49. The Hall–Kier alpha value is -1.14. The molecule has 0 aromatic carbocycles. The molecule has 0 radical (unpaired) electrons. The highest BCUT2D eigenvalue weighted by molar-refractivity contribution is 5.77. The van der Waals surface area contributed by atoms with Crippen molar-refractivity contribution in [2.24, 2.45) is 0 Å². The van der Waals surface area contributed by atoms with Crippen molar-refractivity contribution in [1.82, 2.24) is 5.32 Å². The lowest BCUT2D eigenvalue weighted by Crippen LogP contribution is -2.46. The molecule has 0 fully saturated rings. The maximum Gasteiger partial charge on any atom is 0.306 e. The number of ether oxygens (including phenoxy) is 1. The number of carbonyl (C=O) groups excluding carboxylic acids is 2. The highest BCUT2D eigenvalue weighted by Gasteiger charge is 2.24. The molecule has 64 heavy (non-hydrogen) atoms. The molecule has 3 unspecified atom stereocenters. The van der Waals surface area contributed by atoms with Crippen LogP contribution in [0.2, 0.25) is 0 Å². The molecule has 0 aliphatic heterocycles. The summed E-state index contributed by atoms with van der Waals surface area (Å²) in [5, 5.41) is 23.8. The molecule has 6 heteroatoms. The Balaban J connectivity index is 4.46. The third-order valence-corrected chi connectivity index (χ3v) is 13.9. The number of unbranched alkanes of at least 4 members (excludes halogenated alkanes) is 42. The van der Waals surface area contributed by atoms with Crippen molar-refractivity contribution in [3.63, 3.8) is 0 Å². The third kappa shape index (κ3) is 47.4. The lowest BCUT2D eigenvalue weighted by Gasteiger charge is -2.24. The first-order valence-corrected chi connectivity index (χ1v) is 29.3. The summed E-state index contributed by atoms with van der Waals surface area (Å²) >= 11 is 0. The average molecular weight is 907 g/mol. The second-order valence-corrected chi connectivity index (χ2v) is 20.4. The van der Waals surface area contributed by atoms with E-state index in [1.807, 2.05) is 0 Å². The van der Waals surface area contributed by atoms with Crippen LogP contribution in [0.25, 0.3) is 0 Å². The number of rotatable bonds is 54. The van der Waals surface area contributed by atoms with Gasteiger partial charge in [-0.2, -0.15) is 0 Å². The van der Waals surface area contributed by atoms with Gasteiger partial charge in [0.15, 0.2) is 0 Å². The standard InChI is InChI=1S/C58H115NO5/c1-4-7-10-13-16-19-22-24-26-28-30-32-34-36-39-42-45-48-51-58(63)64-54(49-46-43-40-37-35-33-31-29-27-25-23-20-17-14-11-8-5-2)52-57(62)59-55(53-60)56(61)50-47-44-41-38-21-18-15-12-9-6-3/h54-56,60-61H,4-53H2,1-3H3,(H,59,62). The zero-order valence-corrected chi connectivity index (χ0v) is 43.7. The lowest BCUT2D eigenvalue weighted by molar-refractivity contribution is -0.151. The number of amides is 1. The molecule has 6 nitrogen and oxygen atoms in total. The molecule has 0 saturated heterocycles. The Bertz CT molecular complexity index is 928. The van der Waals surface area contributed by atoms with E-state index in [9.17, 15) is 19.8 Å². The van der Waals surface area contributed by atoms with Crippen LogP contribution in [0.4, 0.5) is 0 Å². The molecule has 0 aromatic heterocycles. The van der Waals surface area contributed by atoms with Gasteiger partial charge >= 0.3 is 5.97 Å². The summed E-state index contributed by atoms with van der Waals surface area (Å²) in [6, 6.07) is -0.692. The van der Waals surface area contributed by atoms with Gasteiger partial charge in [0, 0.05) is 6.42 Å². The van der Waals surface area contributed by atoms with Gasteiger partial charge in [-0.1, -0.05) is 297 Å². The molecule has 0 aromatic rings. The van der Waals surface area contributed by atoms with Gasteiger partial charge in [0.25, 0.3) is 0 Å². The number of aliphatic hydroxyl groups excluding tert-OH is 2. The highest BCUT2D eigenvalue weighted by atomic mass is 16.5. The number of hydrogen-bond acceptors (Lipinski definition) is 5. The van der Waals surface area contributed by atoms with Crippen molar-refractivity contribution in [3.05, 3.63) is 0 Å². The quantitative estimate of drug-likeness (QED) is 0.0417. The Morgan fingerprint density at radius 2 is 0.656 bits per heavy atom. The first-order valence-electron chi connectivity index (χ1n) is 29.3. The van der Waals surface area contributed by atoms with Crippen LogP contribution in [0, 0.1) is 0 Å². The predicted molar refractivity (Wildman–Crippen MR) is 278 cm³/mol. The average Bonchev–Trinajstić information content (AvgIpc) is 3.29. The molecule has 382 valence electrons. The summed E-state index contributed by atoms with van der Waals surface area (Å²) in [5.74, 6) is -0.444. The maximum atomic E-state index is 13.2. The van der Waals surface area contributed by atoms with E-state index >= 15 is 0 Å². The highest BCUT2D eigenvalue weighted by Crippen LogP contribution is 2.19. The SMILES string of the molecule is CCCCCCCCCCCCCCCCCCCCC(=O)OC(CCCCCCCCCCCCCCCCCCC)CC(=O)NC(CO)C(O)CCCCCCCCCCCC. The predicted octanol–water partition coefficient (Wildman–Crippen LogP) is 17.9. The van der Waals surface area contributed by atoms with E-state index in [2.05, 4.69) is 26.1 Å². The first kappa shape index (κ1) is 62.9. The first-order chi connectivity index (χ1) is 31.5. The lowest BCUT2D eigenvalue weighted by atomic mass is 10.0. The van der Waals surface area contributed by atoms with Crippen LogP contribution in [0.15, 0.2) is 0 Å². The number of aliphatic hydroxyl groups is 2.